The topological polar surface area (TPSA) is 49.4 Å². The van der Waals surface area contributed by atoms with Crippen molar-refractivity contribution in [3.63, 3.8) is 0 Å². The zero-order valence-electron chi connectivity index (χ0n) is 14.0. The van der Waals surface area contributed by atoms with E-state index in [0.29, 0.717) is 19.5 Å². The molecule has 0 spiro atoms. The molecule has 0 aliphatic carbocycles. The van der Waals surface area contributed by atoms with Crippen LogP contribution in [-0.2, 0) is 11.2 Å². The minimum atomic E-state index is -0.701. The second-order valence-corrected chi connectivity index (χ2v) is 6.23. The van der Waals surface area contributed by atoms with E-state index in [0.717, 1.165) is 18.4 Å². The number of halogens is 1. The highest BCUT2D eigenvalue weighted by atomic mass is 19.1. The van der Waals surface area contributed by atoms with Crippen LogP contribution >= 0.6 is 0 Å². The number of amides is 2. The van der Waals surface area contributed by atoms with E-state index in [1.807, 2.05) is 30.3 Å². The Balaban J connectivity index is 1.79. The van der Waals surface area contributed by atoms with E-state index < -0.39 is 17.8 Å². The van der Waals surface area contributed by atoms with Crippen LogP contribution in [0.1, 0.15) is 28.8 Å². The standard InChI is InChI=1S/C20H21FN2O2/c21-17-11-5-4-10-16(17)19(24)22-18(14-15-8-2-1-3-9-15)20(25)23-12-6-7-13-23/h1-5,8-11,18H,6-7,12-14H2,(H,22,24)/t18-/m0/s1. The van der Waals surface area contributed by atoms with Crippen LogP contribution in [0.3, 0.4) is 0 Å². The molecule has 1 fully saturated rings. The molecule has 2 aromatic rings. The Hall–Kier alpha value is -2.69. The van der Waals surface area contributed by atoms with Crippen LogP contribution in [0.4, 0.5) is 4.39 Å². The lowest BCUT2D eigenvalue weighted by molar-refractivity contribution is -0.132. The van der Waals surface area contributed by atoms with Crippen molar-refractivity contribution >= 4 is 11.8 Å². The predicted octanol–water partition coefficient (Wildman–Crippen LogP) is 2.79. The molecule has 5 heteroatoms. The van der Waals surface area contributed by atoms with Crippen molar-refractivity contribution < 1.29 is 14.0 Å². The molecule has 0 radical (unpaired) electrons. The summed E-state index contributed by atoms with van der Waals surface area (Å²) in [5, 5.41) is 2.73. The van der Waals surface area contributed by atoms with Crippen molar-refractivity contribution in [2.24, 2.45) is 0 Å². The molecule has 1 N–H and O–H groups in total. The highest BCUT2D eigenvalue weighted by molar-refractivity contribution is 5.97. The lowest BCUT2D eigenvalue weighted by Crippen LogP contribution is -2.49. The van der Waals surface area contributed by atoms with Gasteiger partial charge in [0.2, 0.25) is 5.91 Å². The van der Waals surface area contributed by atoms with E-state index in [4.69, 9.17) is 0 Å². The molecule has 0 aromatic heterocycles. The smallest absolute Gasteiger partial charge is 0.254 e. The fraction of sp³-hybridized carbons (Fsp3) is 0.300. The number of rotatable bonds is 5. The van der Waals surface area contributed by atoms with Crippen molar-refractivity contribution in [2.45, 2.75) is 25.3 Å². The van der Waals surface area contributed by atoms with Gasteiger partial charge in [0.05, 0.1) is 5.56 Å². The molecular formula is C20H21FN2O2. The summed E-state index contributed by atoms with van der Waals surface area (Å²) in [6, 6.07) is 14.6. The van der Waals surface area contributed by atoms with Gasteiger partial charge < -0.3 is 10.2 Å². The zero-order chi connectivity index (χ0) is 17.6. The summed E-state index contributed by atoms with van der Waals surface area (Å²) in [4.78, 5) is 27.1. The van der Waals surface area contributed by atoms with Crippen LogP contribution < -0.4 is 5.32 Å². The largest absolute Gasteiger partial charge is 0.341 e. The second-order valence-electron chi connectivity index (χ2n) is 6.23. The molecule has 130 valence electrons. The molecule has 25 heavy (non-hydrogen) atoms. The number of nitrogens with one attached hydrogen (secondary N) is 1. The SMILES string of the molecule is O=C(N[C@@H](Cc1ccccc1)C(=O)N1CCCC1)c1ccccc1F. The van der Waals surface area contributed by atoms with Crippen LogP contribution in [-0.4, -0.2) is 35.8 Å². The molecule has 3 rings (SSSR count). The normalized spacial score (nSPS) is 15.0. The molecule has 2 amide bonds. The van der Waals surface area contributed by atoms with Crippen LogP contribution in [0.2, 0.25) is 0 Å². The monoisotopic (exact) mass is 340 g/mol. The van der Waals surface area contributed by atoms with Crippen LogP contribution in [0.15, 0.2) is 54.6 Å². The van der Waals surface area contributed by atoms with Gasteiger partial charge in [0.1, 0.15) is 11.9 Å². The summed E-state index contributed by atoms with van der Waals surface area (Å²) in [7, 11) is 0. The molecule has 0 unspecified atom stereocenters. The fourth-order valence-electron chi connectivity index (χ4n) is 3.09. The third-order valence-corrected chi connectivity index (χ3v) is 4.42. The van der Waals surface area contributed by atoms with Gasteiger partial charge in [-0.2, -0.15) is 0 Å². The quantitative estimate of drug-likeness (QED) is 0.910. The Labute approximate surface area is 146 Å². The number of hydrogen-bond donors (Lipinski definition) is 1. The van der Waals surface area contributed by atoms with Gasteiger partial charge >= 0.3 is 0 Å². The molecule has 0 saturated carbocycles. The highest BCUT2D eigenvalue weighted by Crippen LogP contribution is 2.13. The Morgan fingerprint density at radius 3 is 2.32 bits per heavy atom. The Morgan fingerprint density at radius 1 is 1.00 bits per heavy atom. The summed E-state index contributed by atoms with van der Waals surface area (Å²) in [6.45, 7) is 1.42. The zero-order valence-corrected chi connectivity index (χ0v) is 14.0. The number of hydrogen-bond acceptors (Lipinski definition) is 2. The Morgan fingerprint density at radius 2 is 1.64 bits per heavy atom. The lowest BCUT2D eigenvalue weighted by Gasteiger charge is -2.24. The van der Waals surface area contributed by atoms with Crippen LogP contribution in [0.25, 0.3) is 0 Å². The van der Waals surface area contributed by atoms with Gasteiger partial charge in [-0.1, -0.05) is 42.5 Å². The third kappa shape index (κ3) is 4.24. The van der Waals surface area contributed by atoms with E-state index in [1.54, 1.807) is 11.0 Å². The maximum absolute atomic E-state index is 13.9. The molecule has 1 heterocycles. The summed E-state index contributed by atoms with van der Waals surface area (Å²) in [5.41, 5.74) is 0.906. The van der Waals surface area contributed by atoms with Gasteiger partial charge in [-0.3, -0.25) is 9.59 Å². The Kier molecular flexibility index (Phi) is 5.43. The summed E-state index contributed by atoms with van der Waals surface area (Å²) in [6.07, 6.45) is 2.34. The molecule has 4 nitrogen and oxygen atoms in total. The molecule has 1 aliphatic rings. The third-order valence-electron chi connectivity index (χ3n) is 4.42. The van der Waals surface area contributed by atoms with Gasteiger partial charge in [0.15, 0.2) is 0 Å². The van der Waals surface area contributed by atoms with Gasteiger partial charge in [-0.25, -0.2) is 4.39 Å². The number of carbonyl (C=O) groups is 2. The van der Waals surface area contributed by atoms with Crippen molar-refractivity contribution in [3.8, 4) is 0 Å². The number of carbonyl (C=O) groups excluding carboxylic acids is 2. The maximum Gasteiger partial charge on any atom is 0.254 e. The van der Waals surface area contributed by atoms with Gasteiger partial charge in [0.25, 0.3) is 5.91 Å². The molecule has 1 saturated heterocycles. The first-order valence-corrected chi connectivity index (χ1v) is 8.53. The second kappa shape index (κ2) is 7.92. The van der Waals surface area contributed by atoms with Crippen molar-refractivity contribution in [1.82, 2.24) is 10.2 Å². The molecule has 2 aromatic carbocycles. The van der Waals surface area contributed by atoms with Gasteiger partial charge in [-0.15, -0.1) is 0 Å². The van der Waals surface area contributed by atoms with E-state index >= 15 is 0 Å². The Bertz CT molecular complexity index is 742. The van der Waals surface area contributed by atoms with Gasteiger partial charge in [-0.05, 0) is 30.5 Å². The van der Waals surface area contributed by atoms with E-state index in [1.165, 1.54) is 18.2 Å². The van der Waals surface area contributed by atoms with E-state index in [9.17, 15) is 14.0 Å². The van der Waals surface area contributed by atoms with Gasteiger partial charge in [0, 0.05) is 19.5 Å². The average molecular weight is 340 g/mol. The first-order chi connectivity index (χ1) is 12.1. The van der Waals surface area contributed by atoms with Crippen LogP contribution in [0, 0.1) is 5.82 Å². The highest BCUT2D eigenvalue weighted by Gasteiger charge is 2.28. The van der Waals surface area contributed by atoms with Crippen molar-refractivity contribution in [2.75, 3.05) is 13.1 Å². The first-order valence-electron chi connectivity index (χ1n) is 8.53. The average Bonchev–Trinajstić information content (AvgIpc) is 3.16. The van der Waals surface area contributed by atoms with E-state index in [-0.39, 0.29) is 11.5 Å². The number of likely N-dealkylation sites (tertiary alicyclic amines) is 1. The molecule has 1 aliphatic heterocycles. The molecule has 0 bridgehead atoms. The maximum atomic E-state index is 13.9. The lowest BCUT2D eigenvalue weighted by atomic mass is 10.0. The molecule has 1 atom stereocenters. The number of nitrogens with zero attached hydrogens (tertiary/aromatic N) is 1. The van der Waals surface area contributed by atoms with Crippen molar-refractivity contribution in [3.05, 3.63) is 71.5 Å². The number of benzene rings is 2. The fourth-order valence-corrected chi connectivity index (χ4v) is 3.09. The van der Waals surface area contributed by atoms with Crippen LogP contribution in [0.5, 0.6) is 0 Å². The van der Waals surface area contributed by atoms with E-state index in [2.05, 4.69) is 5.32 Å². The predicted molar refractivity (Wildman–Crippen MR) is 93.6 cm³/mol. The minimum Gasteiger partial charge on any atom is -0.341 e. The summed E-state index contributed by atoms with van der Waals surface area (Å²) in [5.74, 6) is -1.26. The summed E-state index contributed by atoms with van der Waals surface area (Å²) >= 11 is 0. The van der Waals surface area contributed by atoms with Crippen molar-refractivity contribution in [1.29, 1.82) is 0 Å². The first kappa shape index (κ1) is 17.1. The minimum absolute atomic E-state index is 0.0465. The summed E-state index contributed by atoms with van der Waals surface area (Å²) < 4.78 is 13.9. The molecular weight excluding hydrogens is 319 g/mol.